The van der Waals surface area contributed by atoms with Gasteiger partial charge in [-0.1, -0.05) is 49.4 Å². The predicted octanol–water partition coefficient (Wildman–Crippen LogP) is 3.83. The van der Waals surface area contributed by atoms with E-state index in [0.29, 0.717) is 6.04 Å². The first-order valence-electron chi connectivity index (χ1n) is 7.20. The number of rotatable bonds is 7. The first-order chi connectivity index (χ1) is 10.3. The van der Waals surface area contributed by atoms with Gasteiger partial charge in [-0.05, 0) is 29.7 Å². The van der Waals surface area contributed by atoms with Gasteiger partial charge in [0.25, 0.3) is 0 Å². The van der Waals surface area contributed by atoms with Gasteiger partial charge in [0.15, 0.2) is 6.61 Å². The Balaban J connectivity index is 1.97. The standard InChI is InChI=1S/C18H20N2O/c1-2-18(16-8-4-3-5-9-16)20-14-15-7-6-10-17(13-15)21-12-11-19/h3-10,13,18,20H,2,12,14H2,1H3. The van der Waals surface area contributed by atoms with Crippen LogP contribution in [0.3, 0.4) is 0 Å². The highest BCUT2D eigenvalue weighted by atomic mass is 16.5. The maximum absolute atomic E-state index is 8.54. The van der Waals surface area contributed by atoms with E-state index in [1.54, 1.807) is 0 Å². The Labute approximate surface area is 126 Å². The molecule has 0 saturated carbocycles. The van der Waals surface area contributed by atoms with Crippen LogP contribution in [0.4, 0.5) is 0 Å². The minimum Gasteiger partial charge on any atom is -0.479 e. The number of benzene rings is 2. The van der Waals surface area contributed by atoms with E-state index in [1.165, 1.54) is 5.56 Å². The van der Waals surface area contributed by atoms with E-state index in [4.69, 9.17) is 10.00 Å². The highest BCUT2D eigenvalue weighted by Gasteiger charge is 2.08. The molecule has 0 aliphatic carbocycles. The van der Waals surface area contributed by atoms with Crippen molar-refractivity contribution in [2.45, 2.75) is 25.9 Å². The van der Waals surface area contributed by atoms with E-state index in [1.807, 2.05) is 30.3 Å². The van der Waals surface area contributed by atoms with Crippen LogP contribution >= 0.6 is 0 Å². The summed E-state index contributed by atoms with van der Waals surface area (Å²) in [6.45, 7) is 3.03. The molecule has 1 unspecified atom stereocenters. The SMILES string of the molecule is CCC(NCc1cccc(OCC#N)c1)c1ccccc1. The molecule has 0 radical (unpaired) electrons. The molecule has 0 aromatic heterocycles. The minimum absolute atomic E-state index is 0.0818. The molecule has 2 aromatic carbocycles. The van der Waals surface area contributed by atoms with Crippen LogP contribution in [0, 0.1) is 11.3 Å². The van der Waals surface area contributed by atoms with Crippen LogP contribution in [0.2, 0.25) is 0 Å². The quantitative estimate of drug-likeness (QED) is 0.838. The number of nitriles is 1. The summed E-state index contributed by atoms with van der Waals surface area (Å²) in [5.41, 5.74) is 2.46. The van der Waals surface area contributed by atoms with E-state index < -0.39 is 0 Å². The van der Waals surface area contributed by atoms with E-state index in [2.05, 4.69) is 42.6 Å². The summed E-state index contributed by atoms with van der Waals surface area (Å²) < 4.78 is 5.32. The Morgan fingerprint density at radius 1 is 1.14 bits per heavy atom. The van der Waals surface area contributed by atoms with Gasteiger partial charge in [0.1, 0.15) is 11.8 Å². The van der Waals surface area contributed by atoms with Crippen molar-refractivity contribution in [2.75, 3.05) is 6.61 Å². The lowest BCUT2D eigenvalue weighted by Crippen LogP contribution is -2.20. The average molecular weight is 280 g/mol. The minimum atomic E-state index is 0.0818. The molecule has 0 spiro atoms. The molecule has 1 N–H and O–H groups in total. The second-order valence-electron chi connectivity index (χ2n) is 4.85. The highest BCUT2D eigenvalue weighted by molar-refractivity contribution is 5.29. The van der Waals surface area contributed by atoms with Crippen molar-refractivity contribution in [2.24, 2.45) is 0 Å². The van der Waals surface area contributed by atoms with Gasteiger partial charge in [0.05, 0.1) is 0 Å². The van der Waals surface area contributed by atoms with Crippen LogP contribution in [-0.2, 0) is 6.54 Å². The van der Waals surface area contributed by atoms with E-state index in [9.17, 15) is 0 Å². The van der Waals surface area contributed by atoms with Gasteiger partial charge < -0.3 is 10.1 Å². The van der Waals surface area contributed by atoms with Crippen LogP contribution in [-0.4, -0.2) is 6.61 Å². The molecule has 2 rings (SSSR count). The van der Waals surface area contributed by atoms with Crippen LogP contribution in [0.15, 0.2) is 54.6 Å². The number of hydrogen-bond donors (Lipinski definition) is 1. The van der Waals surface area contributed by atoms with Crippen molar-refractivity contribution in [1.29, 1.82) is 5.26 Å². The lowest BCUT2D eigenvalue weighted by molar-refractivity contribution is 0.367. The van der Waals surface area contributed by atoms with Crippen LogP contribution in [0.1, 0.15) is 30.5 Å². The Morgan fingerprint density at radius 3 is 2.67 bits per heavy atom. The normalized spacial score (nSPS) is 11.6. The number of nitrogens with one attached hydrogen (secondary N) is 1. The molecule has 3 heteroatoms. The second-order valence-corrected chi connectivity index (χ2v) is 4.85. The molecule has 0 aliphatic rings. The fraction of sp³-hybridized carbons (Fsp3) is 0.278. The van der Waals surface area contributed by atoms with Crippen molar-refractivity contribution >= 4 is 0 Å². The Kier molecular flexibility index (Phi) is 5.81. The Hall–Kier alpha value is -2.31. The van der Waals surface area contributed by atoms with E-state index in [-0.39, 0.29) is 6.61 Å². The lowest BCUT2D eigenvalue weighted by Gasteiger charge is -2.17. The number of ether oxygens (including phenoxy) is 1. The molecular weight excluding hydrogens is 260 g/mol. The van der Waals surface area contributed by atoms with Crippen LogP contribution < -0.4 is 10.1 Å². The Bertz CT molecular complexity index is 590. The van der Waals surface area contributed by atoms with Crippen molar-refractivity contribution in [3.8, 4) is 11.8 Å². The number of nitrogens with zero attached hydrogens (tertiary/aromatic N) is 1. The van der Waals surface area contributed by atoms with Crippen LogP contribution in [0.5, 0.6) is 5.75 Å². The molecule has 0 aliphatic heterocycles. The van der Waals surface area contributed by atoms with Crippen LogP contribution in [0.25, 0.3) is 0 Å². The summed E-state index contributed by atoms with van der Waals surface area (Å²) in [7, 11) is 0. The first-order valence-corrected chi connectivity index (χ1v) is 7.20. The summed E-state index contributed by atoms with van der Waals surface area (Å²) >= 11 is 0. The molecule has 0 saturated heterocycles. The maximum Gasteiger partial charge on any atom is 0.174 e. The lowest BCUT2D eigenvalue weighted by atomic mass is 10.0. The van der Waals surface area contributed by atoms with Gasteiger partial charge >= 0.3 is 0 Å². The molecule has 0 bridgehead atoms. The second kappa shape index (κ2) is 8.08. The van der Waals surface area contributed by atoms with E-state index >= 15 is 0 Å². The summed E-state index contributed by atoms with van der Waals surface area (Å²) in [6.07, 6.45) is 1.04. The summed E-state index contributed by atoms with van der Waals surface area (Å²) in [5, 5.41) is 12.1. The fourth-order valence-corrected chi connectivity index (χ4v) is 2.29. The first kappa shape index (κ1) is 15.1. The highest BCUT2D eigenvalue weighted by Crippen LogP contribution is 2.18. The van der Waals surface area contributed by atoms with Crippen molar-refractivity contribution in [1.82, 2.24) is 5.32 Å². The summed E-state index contributed by atoms with van der Waals surface area (Å²) in [5.74, 6) is 0.739. The zero-order valence-corrected chi connectivity index (χ0v) is 12.3. The topological polar surface area (TPSA) is 45.0 Å². The molecule has 3 nitrogen and oxygen atoms in total. The van der Waals surface area contributed by atoms with Gasteiger partial charge in [0.2, 0.25) is 0 Å². The smallest absolute Gasteiger partial charge is 0.174 e. The molecular formula is C18H20N2O. The third-order valence-electron chi connectivity index (χ3n) is 3.36. The van der Waals surface area contributed by atoms with Gasteiger partial charge in [0, 0.05) is 12.6 Å². The third-order valence-corrected chi connectivity index (χ3v) is 3.36. The summed E-state index contributed by atoms with van der Waals surface area (Å²) in [4.78, 5) is 0. The average Bonchev–Trinajstić information content (AvgIpc) is 2.55. The molecule has 0 fully saturated rings. The molecule has 2 aromatic rings. The van der Waals surface area contributed by atoms with Gasteiger partial charge in [-0.2, -0.15) is 5.26 Å². The molecule has 1 atom stereocenters. The molecule has 0 amide bonds. The third kappa shape index (κ3) is 4.62. The van der Waals surface area contributed by atoms with E-state index in [0.717, 1.165) is 24.3 Å². The van der Waals surface area contributed by atoms with Gasteiger partial charge in [-0.15, -0.1) is 0 Å². The van der Waals surface area contributed by atoms with Crippen molar-refractivity contribution < 1.29 is 4.74 Å². The zero-order chi connectivity index (χ0) is 14.9. The van der Waals surface area contributed by atoms with Gasteiger partial charge in [-0.25, -0.2) is 0 Å². The molecule has 21 heavy (non-hydrogen) atoms. The largest absolute Gasteiger partial charge is 0.479 e. The summed E-state index contributed by atoms with van der Waals surface area (Å²) in [6, 6.07) is 20.6. The maximum atomic E-state index is 8.54. The monoisotopic (exact) mass is 280 g/mol. The zero-order valence-electron chi connectivity index (χ0n) is 12.3. The number of hydrogen-bond acceptors (Lipinski definition) is 3. The molecule has 0 heterocycles. The predicted molar refractivity (Wildman–Crippen MR) is 83.9 cm³/mol. The molecule has 108 valence electrons. The van der Waals surface area contributed by atoms with Crippen molar-refractivity contribution in [3.05, 3.63) is 65.7 Å². The van der Waals surface area contributed by atoms with Gasteiger partial charge in [-0.3, -0.25) is 0 Å². The van der Waals surface area contributed by atoms with Crippen molar-refractivity contribution in [3.63, 3.8) is 0 Å². The fourth-order valence-electron chi connectivity index (χ4n) is 2.29. The Morgan fingerprint density at radius 2 is 1.95 bits per heavy atom.